The zero-order valence-corrected chi connectivity index (χ0v) is 15.3. The van der Waals surface area contributed by atoms with Gasteiger partial charge in [0.15, 0.2) is 5.96 Å². The number of aliphatic imine (C=N–C) groups is 1. The van der Waals surface area contributed by atoms with E-state index in [2.05, 4.69) is 34.0 Å². The maximum absolute atomic E-state index is 11.6. The SMILES string of the molecule is CCN(CC)CCCCNC(=NC)N1CCC(C(=O)OC)CC1. The van der Waals surface area contributed by atoms with Crippen molar-refractivity contribution in [1.29, 1.82) is 0 Å². The fourth-order valence-corrected chi connectivity index (χ4v) is 3.03. The van der Waals surface area contributed by atoms with Crippen molar-refractivity contribution in [2.75, 3.05) is 53.4 Å². The van der Waals surface area contributed by atoms with Gasteiger partial charge in [-0.15, -0.1) is 0 Å². The fourth-order valence-electron chi connectivity index (χ4n) is 3.03. The van der Waals surface area contributed by atoms with Crippen LogP contribution in [0.2, 0.25) is 0 Å². The van der Waals surface area contributed by atoms with E-state index in [-0.39, 0.29) is 11.9 Å². The topological polar surface area (TPSA) is 57.2 Å². The van der Waals surface area contributed by atoms with Crippen LogP contribution < -0.4 is 5.32 Å². The van der Waals surface area contributed by atoms with Gasteiger partial charge in [0.05, 0.1) is 13.0 Å². The lowest BCUT2D eigenvalue weighted by Gasteiger charge is -2.33. The quantitative estimate of drug-likeness (QED) is 0.318. The van der Waals surface area contributed by atoms with Gasteiger partial charge in [0.25, 0.3) is 0 Å². The Morgan fingerprint density at radius 1 is 1.26 bits per heavy atom. The molecule has 1 rings (SSSR count). The van der Waals surface area contributed by atoms with E-state index in [0.29, 0.717) is 0 Å². The van der Waals surface area contributed by atoms with Crippen LogP contribution in [0, 0.1) is 5.92 Å². The van der Waals surface area contributed by atoms with Crippen LogP contribution in [0.4, 0.5) is 0 Å². The van der Waals surface area contributed by atoms with Crippen LogP contribution in [0.3, 0.4) is 0 Å². The minimum Gasteiger partial charge on any atom is -0.469 e. The van der Waals surface area contributed by atoms with Crippen LogP contribution >= 0.6 is 0 Å². The number of likely N-dealkylation sites (tertiary alicyclic amines) is 1. The highest BCUT2D eigenvalue weighted by atomic mass is 16.5. The number of nitrogens with zero attached hydrogens (tertiary/aromatic N) is 3. The molecule has 1 fully saturated rings. The molecular weight excluding hydrogens is 292 g/mol. The third kappa shape index (κ3) is 6.77. The molecule has 134 valence electrons. The van der Waals surface area contributed by atoms with Gasteiger partial charge >= 0.3 is 5.97 Å². The highest BCUT2D eigenvalue weighted by molar-refractivity contribution is 5.80. The third-order valence-corrected chi connectivity index (χ3v) is 4.62. The van der Waals surface area contributed by atoms with Crippen molar-refractivity contribution in [3.63, 3.8) is 0 Å². The number of rotatable bonds is 8. The Bertz CT molecular complexity index is 362. The predicted molar refractivity (Wildman–Crippen MR) is 94.7 cm³/mol. The first-order valence-electron chi connectivity index (χ1n) is 8.92. The van der Waals surface area contributed by atoms with Gasteiger partial charge in [0, 0.05) is 26.7 Å². The number of hydrogen-bond acceptors (Lipinski definition) is 4. The molecule has 0 bridgehead atoms. The second-order valence-electron chi connectivity index (χ2n) is 5.99. The molecule has 0 amide bonds. The van der Waals surface area contributed by atoms with Gasteiger partial charge in [0.1, 0.15) is 0 Å². The maximum atomic E-state index is 11.6. The fraction of sp³-hybridized carbons (Fsp3) is 0.882. The molecule has 6 nitrogen and oxygen atoms in total. The first-order chi connectivity index (χ1) is 11.2. The molecule has 0 aromatic heterocycles. The standard InChI is InChI=1S/C17H34N4O2/c1-5-20(6-2)12-8-7-11-19-17(18-3)21-13-9-15(10-14-21)16(22)23-4/h15H,5-14H2,1-4H3,(H,18,19). The van der Waals surface area contributed by atoms with E-state index in [1.165, 1.54) is 13.5 Å². The number of carbonyl (C=O) groups excluding carboxylic acids is 1. The molecular formula is C17H34N4O2. The number of hydrogen-bond donors (Lipinski definition) is 1. The summed E-state index contributed by atoms with van der Waals surface area (Å²) in [5.41, 5.74) is 0. The third-order valence-electron chi connectivity index (χ3n) is 4.62. The van der Waals surface area contributed by atoms with Crippen LogP contribution in [0.25, 0.3) is 0 Å². The van der Waals surface area contributed by atoms with Gasteiger partial charge in [-0.3, -0.25) is 9.79 Å². The Morgan fingerprint density at radius 3 is 2.43 bits per heavy atom. The Balaban J connectivity index is 2.24. The Labute approximate surface area is 141 Å². The minimum absolute atomic E-state index is 0.0448. The summed E-state index contributed by atoms with van der Waals surface area (Å²) in [6, 6.07) is 0. The summed E-state index contributed by atoms with van der Waals surface area (Å²) < 4.78 is 4.83. The smallest absolute Gasteiger partial charge is 0.308 e. The van der Waals surface area contributed by atoms with E-state index in [4.69, 9.17) is 4.74 Å². The Hall–Kier alpha value is -1.30. The van der Waals surface area contributed by atoms with Crippen LogP contribution in [-0.4, -0.2) is 75.2 Å². The zero-order valence-electron chi connectivity index (χ0n) is 15.3. The molecule has 0 aromatic rings. The average Bonchev–Trinajstić information content (AvgIpc) is 2.61. The summed E-state index contributed by atoms with van der Waals surface area (Å²) in [6.07, 6.45) is 4.04. The molecule has 1 aliphatic heterocycles. The Kier molecular flexibility index (Phi) is 9.67. The molecule has 0 aromatic carbocycles. The second kappa shape index (κ2) is 11.3. The first kappa shape index (κ1) is 19.7. The number of unbranched alkanes of at least 4 members (excludes halogenated alkanes) is 1. The molecule has 1 heterocycles. The molecule has 0 aliphatic carbocycles. The molecule has 1 saturated heterocycles. The summed E-state index contributed by atoms with van der Waals surface area (Å²) in [5, 5.41) is 3.45. The normalized spacial score (nSPS) is 16.7. The van der Waals surface area contributed by atoms with Crippen LogP contribution in [-0.2, 0) is 9.53 Å². The van der Waals surface area contributed by atoms with Crippen molar-refractivity contribution in [2.24, 2.45) is 10.9 Å². The lowest BCUT2D eigenvalue weighted by Crippen LogP contribution is -2.46. The number of guanidine groups is 1. The summed E-state index contributed by atoms with van der Waals surface area (Å²) in [6.45, 7) is 10.5. The van der Waals surface area contributed by atoms with Crippen molar-refractivity contribution in [3.8, 4) is 0 Å². The number of piperidine rings is 1. The van der Waals surface area contributed by atoms with Gasteiger partial charge in [-0.1, -0.05) is 13.8 Å². The summed E-state index contributed by atoms with van der Waals surface area (Å²) in [7, 11) is 3.29. The van der Waals surface area contributed by atoms with Crippen LogP contribution in [0.15, 0.2) is 4.99 Å². The molecule has 1 N–H and O–H groups in total. The van der Waals surface area contributed by atoms with Gasteiger partial charge < -0.3 is 19.9 Å². The minimum atomic E-state index is -0.0796. The first-order valence-corrected chi connectivity index (χ1v) is 8.92. The van der Waals surface area contributed by atoms with Crippen molar-refractivity contribution in [2.45, 2.75) is 39.5 Å². The lowest BCUT2D eigenvalue weighted by atomic mass is 9.97. The molecule has 0 spiro atoms. The predicted octanol–water partition coefficient (Wildman–Crippen LogP) is 1.57. The lowest BCUT2D eigenvalue weighted by molar-refractivity contribution is -0.146. The molecule has 0 unspecified atom stereocenters. The van der Waals surface area contributed by atoms with Gasteiger partial charge in [-0.2, -0.15) is 0 Å². The van der Waals surface area contributed by atoms with Crippen molar-refractivity contribution in [1.82, 2.24) is 15.1 Å². The summed E-state index contributed by atoms with van der Waals surface area (Å²) in [5.74, 6) is 0.920. The zero-order chi connectivity index (χ0) is 17.1. The second-order valence-corrected chi connectivity index (χ2v) is 5.99. The number of nitrogens with one attached hydrogen (secondary N) is 1. The highest BCUT2D eigenvalue weighted by Crippen LogP contribution is 2.18. The highest BCUT2D eigenvalue weighted by Gasteiger charge is 2.26. The van der Waals surface area contributed by atoms with Crippen molar-refractivity contribution >= 4 is 11.9 Å². The van der Waals surface area contributed by atoms with E-state index < -0.39 is 0 Å². The number of methoxy groups -OCH3 is 1. The van der Waals surface area contributed by atoms with E-state index in [9.17, 15) is 4.79 Å². The van der Waals surface area contributed by atoms with E-state index in [1.54, 1.807) is 0 Å². The number of esters is 1. The largest absolute Gasteiger partial charge is 0.469 e. The summed E-state index contributed by atoms with van der Waals surface area (Å²) >= 11 is 0. The molecule has 0 radical (unpaired) electrons. The van der Waals surface area contributed by atoms with Crippen LogP contribution in [0.1, 0.15) is 39.5 Å². The van der Waals surface area contributed by atoms with Gasteiger partial charge in [0.2, 0.25) is 0 Å². The van der Waals surface area contributed by atoms with E-state index in [1.807, 2.05) is 7.05 Å². The molecule has 23 heavy (non-hydrogen) atoms. The van der Waals surface area contributed by atoms with E-state index >= 15 is 0 Å². The van der Waals surface area contributed by atoms with Crippen molar-refractivity contribution in [3.05, 3.63) is 0 Å². The number of carbonyl (C=O) groups is 1. The monoisotopic (exact) mass is 326 g/mol. The number of ether oxygens (including phenoxy) is 1. The molecule has 0 saturated carbocycles. The Morgan fingerprint density at radius 2 is 1.91 bits per heavy atom. The maximum Gasteiger partial charge on any atom is 0.308 e. The average molecular weight is 326 g/mol. The molecule has 6 heteroatoms. The van der Waals surface area contributed by atoms with E-state index in [0.717, 1.165) is 64.5 Å². The van der Waals surface area contributed by atoms with Crippen LogP contribution in [0.5, 0.6) is 0 Å². The molecule has 1 aliphatic rings. The molecule has 0 atom stereocenters. The van der Waals surface area contributed by atoms with Gasteiger partial charge in [-0.25, -0.2) is 0 Å². The van der Waals surface area contributed by atoms with Crippen molar-refractivity contribution < 1.29 is 9.53 Å². The van der Waals surface area contributed by atoms with Gasteiger partial charge in [-0.05, 0) is 45.3 Å². The summed E-state index contributed by atoms with van der Waals surface area (Å²) in [4.78, 5) is 20.6.